The van der Waals surface area contributed by atoms with Crippen molar-refractivity contribution in [2.75, 3.05) is 6.54 Å². The number of nitrogens with zero attached hydrogens (tertiary/aromatic N) is 2. The minimum Gasteiger partial charge on any atom is -0.505 e. The fourth-order valence-corrected chi connectivity index (χ4v) is 2.35. The quantitative estimate of drug-likeness (QED) is 0.652. The molecule has 3 aromatic rings. The van der Waals surface area contributed by atoms with Gasteiger partial charge in [0.25, 0.3) is 5.91 Å². The Bertz CT molecular complexity index is 941. The van der Waals surface area contributed by atoms with Crippen molar-refractivity contribution in [1.82, 2.24) is 15.3 Å². The van der Waals surface area contributed by atoms with E-state index in [4.69, 9.17) is 5.11 Å². The van der Waals surface area contributed by atoms with E-state index in [-0.39, 0.29) is 11.4 Å². The van der Waals surface area contributed by atoms with Gasteiger partial charge in [0.05, 0.1) is 11.4 Å². The maximum absolute atomic E-state index is 12.0. The predicted molar refractivity (Wildman–Crippen MR) is 94.5 cm³/mol. The highest BCUT2D eigenvalue weighted by Gasteiger charge is 2.16. The summed E-state index contributed by atoms with van der Waals surface area (Å²) in [5, 5.41) is 20.6. The normalized spacial score (nSPS) is 10.3. The maximum atomic E-state index is 12.0. The van der Waals surface area contributed by atoms with Crippen LogP contribution in [0.15, 0.2) is 60.8 Å². The molecule has 0 saturated heterocycles. The van der Waals surface area contributed by atoms with Crippen molar-refractivity contribution in [2.24, 2.45) is 0 Å². The highest BCUT2D eigenvalue weighted by molar-refractivity contribution is 5.96. The lowest BCUT2D eigenvalue weighted by Crippen LogP contribution is -2.30. The minimum atomic E-state index is -1.19. The Morgan fingerprint density at radius 3 is 2.31 bits per heavy atom. The summed E-state index contributed by atoms with van der Waals surface area (Å²) in [6, 6.07) is 16.3. The number of carboxylic acid groups (broad SMARTS) is 1. The van der Waals surface area contributed by atoms with Crippen molar-refractivity contribution in [3.8, 4) is 28.3 Å². The number of benzene rings is 1. The van der Waals surface area contributed by atoms with Gasteiger partial charge in [-0.1, -0.05) is 36.4 Å². The third kappa shape index (κ3) is 3.84. The molecule has 7 heteroatoms. The van der Waals surface area contributed by atoms with Crippen molar-refractivity contribution in [3.63, 3.8) is 0 Å². The van der Waals surface area contributed by atoms with Crippen LogP contribution in [0.25, 0.3) is 22.5 Å². The first-order valence-electron chi connectivity index (χ1n) is 7.76. The summed E-state index contributed by atoms with van der Waals surface area (Å²) in [6.45, 7) is -0.561. The molecule has 2 heterocycles. The molecule has 0 spiro atoms. The van der Waals surface area contributed by atoms with Crippen LogP contribution in [-0.4, -0.2) is 38.6 Å². The SMILES string of the molecule is O=C(O)CNC(=O)c1nc(-c2ccc(-c3ccccc3)cn2)ccc1O. The van der Waals surface area contributed by atoms with Crippen LogP contribution < -0.4 is 5.32 Å². The lowest BCUT2D eigenvalue weighted by Gasteiger charge is -2.07. The number of carbonyl (C=O) groups excluding carboxylic acids is 1. The molecule has 130 valence electrons. The molecule has 0 aliphatic heterocycles. The highest BCUT2D eigenvalue weighted by atomic mass is 16.4. The van der Waals surface area contributed by atoms with Gasteiger partial charge in [-0.25, -0.2) is 4.98 Å². The molecule has 0 aliphatic rings. The average molecular weight is 349 g/mol. The largest absolute Gasteiger partial charge is 0.505 e. The lowest BCUT2D eigenvalue weighted by molar-refractivity contribution is -0.135. The van der Waals surface area contributed by atoms with Gasteiger partial charge in [0, 0.05) is 11.8 Å². The molecule has 0 radical (unpaired) electrons. The number of carboxylic acids is 1. The Balaban J connectivity index is 1.86. The lowest BCUT2D eigenvalue weighted by atomic mass is 10.1. The van der Waals surface area contributed by atoms with Crippen LogP contribution in [0.5, 0.6) is 5.75 Å². The maximum Gasteiger partial charge on any atom is 0.322 e. The van der Waals surface area contributed by atoms with Crippen molar-refractivity contribution in [3.05, 3.63) is 66.5 Å². The highest BCUT2D eigenvalue weighted by Crippen LogP contribution is 2.24. The van der Waals surface area contributed by atoms with Crippen LogP contribution in [0, 0.1) is 0 Å². The van der Waals surface area contributed by atoms with Crippen LogP contribution in [0.1, 0.15) is 10.5 Å². The Morgan fingerprint density at radius 1 is 0.923 bits per heavy atom. The van der Waals surface area contributed by atoms with Gasteiger partial charge < -0.3 is 15.5 Å². The number of hydrogen-bond donors (Lipinski definition) is 3. The summed E-state index contributed by atoms with van der Waals surface area (Å²) < 4.78 is 0. The first-order valence-corrected chi connectivity index (χ1v) is 7.76. The molecule has 3 rings (SSSR count). The number of carbonyl (C=O) groups is 2. The van der Waals surface area contributed by atoms with Crippen LogP contribution in [0.4, 0.5) is 0 Å². The van der Waals surface area contributed by atoms with E-state index in [1.165, 1.54) is 12.1 Å². The minimum absolute atomic E-state index is 0.252. The fourth-order valence-electron chi connectivity index (χ4n) is 2.35. The van der Waals surface area contributed by atoms with Crippen LogP contribution in [0.2, 0.25) is 0 Å². The monoisotopic (exact) mass is 349 g/mol. The predicted octanol–water partition coefficient (Wildman–Crippen LogP) is 2.33. The van der Waals surface area contributed by atoms with Crippen molar-refractivity contribution >= 4 is 11.9 Å². The number of nitrogens with one attached hydrogen (secondary N) is 1. The van der Waals surface area contributed by atoms with E-state index in [2.05, 4.69) is 15.3 Å². The molecule has 2 aromatic heterocycles. The first-order chi connectivity index (χ1) is 12.5. The van der Waals surface area contributed by atoms with E-state index in [0.29, 0.717) is 11.4 Å². The Labute approximate surface area is 149 Å². The Hall–Kier alpha value is -3.74. The second-order valence-electron chi connectivity index (χ2n) is 5.44. The van der Waals surface area contributed by atoms with Gasteiger partial charge in [-0.15, -0.1) is 0 Å². The number of aliphatic carboxylic acids is 1. The zero-order chi connectivity index (χ0) is 18.5. The van der Waals surface area contributed by atoms with Crippen molar-refractivity contribution in [1.29, 1.82) is 0 Å². The molecule has 0 unspecified atom stereocenters. The third-order valence-electron chi connectivity index (χ3n) is 3.62. The summed E-state index contributed by atoms with van der Waals surface area (Å²) in [5.41, 5.74) is 2.63. The van der Waals surface area contributed by atoms with Gasteiger partial charge in [-0.05, 0) is 23.8 Å². The molecule has 0 fully saturated rings. The average Bonchev–Trinajstić information content (AvgIpc) is 2.67. The molecule has 0 atom stereocenters. The van der Waals surface area contributed by atoms with E-state index in [1.807, 2.05) is 36.4 Å². The number of rotatable bonds is 5. The molecule has 26 heavy (non-hydrogen) atoms. The molecule has 7 nitrogen and oxygen atoms in total. The number of amides is 1. The molecule has 0 bridgehead atoms. The van der Waals surface area contributed by atoms with E-state index in [0.717, 1.165) is 11.1 Å². The van der Waals surface area contributed by atoms with E-state index in [9.17, 15) is 14.7 Å². The van der Waals surface area contributed by atoms with E-state index >= 15 is 0 Å². The van der Waals surface area contributed by atoms with Crippen LogP contribution in [0.3, 0.4) is 0 Å². The van der Waals surface area contributed by atoms with Gasteiger partial charge in [-0.2, -0.15) is 0 Å². The number of pyridine rings is 2. The van der Waals surface area contributed by atoms with Gasteiger partial charge in [0.2, 0.25) is 0 Å². The second kappa shape index (κ2) is 7.43. The molecule has 0 saturated carbocycles. The van der Waals surface area contributed by atoms with Crippen LogP contribution in [-0.2, 0) is 4.79 Å². The molecule has 1 aromatic carbocycles. The molecular formula is C19H15N3O4. The molecule has 3 N–H and O–H groups in total. The summed E-state index contributed by atoms with van der Waals surface area (Å²) in [7, 11) is 0. The third-order valence-corrected chi connectivity index (χ3v) is 3.62. The molecule has 0 aliphatic carbocycles. The van der Waals surface area contributed by atoms with E-state index < -0.39 is 18.4 Å². The van der Waals surface area contributed by atoms with Gasteiger partial charge in [0.1, 0.15) is 12.3 Å². The number of hydrogen-bond acceptors (Lipinski definition) is 5. The summed E-state index contributed by atoms with van der Waals surface area (Å²) in [5.74, 6) is -2.29. The molecular weight excluding hydrogens is 334 g/mol. The van der Waals surface area contributed by atoms with Gasteiger partial charge in [-0.3, -0.25) is 14.6 Å². The van der Waals surface area contributed by atoms with Crippen LogP contribution >= 0.6 is 0 Å². The summed E-state index contributed by atoms with van der Waals surface area (Å²) >= 11 is 0. The number of aromatic nitrogens is 2. The zero-order valence-corrected chi connectivity index (χ0v) is 13.6. The second-order valence-corrected chi connectivity index (χ2v) is 5.44. The Morgan fingerprint density at radius 2 is 1.65 bits per heavy atom. The standard InChI is InChI=1S/C19H15N3O4/c23-16-9-8-15(22-18(16)19(26)21-11-17(24)25)14-7-6-13(10-20-14)12-4-2-1-3-5-12/h1-10,23H,11H2,(H,21,26)(H,24,25). The Kier molecular flexibility index (Phi) is 4.89. The topological polar surface area (TPSA) is 112 Å². The summed E-state index contributed by atoms with van der Waals surface area (Å²) in [6.07, 6.45) is 1.70. The number of aromatic hydroxyl groups is 1. The van der Waals surface area contributed by atoms with Gasteiger partial charge in [0.15, 0.2) is 5.69 Å². The fraction of sp³-hybridized carbons (Fsp3) is 0.0526. The van der Waals surface area contributed by atoms with E-state index in [1.54, 1.807) is 12.3 Å². The van der Waals surface area contributed by atoms with Gasteiger partial charge >= 0.3 is 5.97 Å². The molecule has 1 amide bonds. The zero-order valence-electron chi connectivity index (χ0n) is 13.6. The first kappa shape index (κ1) is 17.1. The van der Waals surface area contributed by atoms with Crippen molar-refractivity contribution < 1.29 is 19.8 Å². The summed E-state index contributed by atoms with van der Waals surface area (Å²) in [4.78, 5) is 31.0. The van der Waals surface area contributed by atoms with Crippen molar-refractivity contribution in [2.45, 2.75) is 0 Å². The smallest absolute Gasteiger partial charge is 0.322 e.